The molecule has 2 fully saturated rings. The van der Waals surface area contributed by atoms with Crippen molar-refractivity contribution in [3.8, 4) is 11.5 Å². The van der Waals surface area contributed by atoms with Crippen LogP contribution in [0.3, 0.4) is 0 Å². The summed E-state index contributed by atoms with van der Waals surface area (Å²) in [5, 5.41) is 8.70. The van der Waals surface area contributed by atoms with E-state index in [1.54, 1.807) is 38.7 Å². The van der Waals surface area contributed by atoms with Gasteiger partial charge in [0.25, 0.3) is 5.91 Å². The predicted octanol–water partition coefficient (Wildman–Crippen LogP) is 4.69. The maximum absolute atomic E-state index is 12.8. The Hall–Kier alpha value is -3.71. The van der Waals surface area contributed by atoms with E-state index >= 15 is 0 Å². The van der Waals surface area contributed by atoms with E-state index in [2.05, 4.69) is 40.0 Å². The van der Waals surface area contributed by atoms with Crippen LogP contribution < -0.4 is 20.2 Å². The molecule has 5 rings (SSSR count). The number of benzene rings is 2. The smallest absolute Gasteiger partial charge is 0.271 e. The maximum Gasteiger partial charge on any atom is 0.271 e. The van der Waals surface area contributed by atoms with Crippen LogP contribution in [0.15, 0.2) is 78.2 Å². The fourth-order valence-corrected chi connectivity index (χ4v) is 5.41. The number of nitrogens with zero attached hydrogens (tertiary/aromatic N) is 2. The van der Waals surface area contributed by atoms with Gasteiger partial charge in [0.05, 0.1) is 14.2 Å². The van der Waals surface area contributed by atoms with E-state index in [9.17, 15) is 4.79 Å². The van der Waals surface area contributed by atoms with Gasteiger partial charge in [-0.3, -0.25) is 9.78 Å². The fourth-order valence-electron chi connectivity index (χ4n) is 5.41. The van der Waals surface area contributed by atoms with E-state index in [1.165, 1.54) is 0 Å². The molecule has 2 bridgehead atoms. The zero-order chi connectivity index (χ0) is 24.2. The van der Waals surface area contributed by atoms with Crippen LogP contribution in [-0.2, 0) is 0 Å². The Bertz CT molecular complexity index is 1150. The number of hydrogen-bond acceptors (Lipinski definition) is 6. The molecular formula is C28H30N4O3. The highest BCUT2D eigenvalue weighted by atomic mass is 16.5. The molecule has 1 amide bonds. The molecule has 180 valence electrons. The van der Waals surface area contributed by atoms with Crippen LogP contribution in [0.25, 0.3) is 0 Å². The third-order valence-electron chi connectivity index (χ3n) is 7.09. The van der Waals surface area contributed by atoms with Gasteiger partial charge in [-0.25, -0.2) is 5.43 Å². The molecule has 2 heterocycles. The number of ether oxygens (including phenoxy) is 2. The van der Waals surface area contributed by atoms with E-state index in [0.717, 1.165) is 47.6 Å². The normalized spacial score (nSPS) is 24.6. The summed E-state index contributed by atoms with van der Waals surface area (Å²) in [6.07, 6.45) is 6.33. The predicted molar refractivity (Wildman–Crippen MR) is 135 cm³/mol. The molecule has 2 aliphatic rings. The van der Waals surface area contributed by atoms with E-state index in [0.29, 0.717) is 5.56 Å². The minimum atomic E-state index is -0.229. The lowest BCUT2D eigenvalue weighted by molar-refractivity contribution is 0.0953. The second-order valence-electron chi connectivity index (χ2n) is 9.03. The van der Waals surface area contributed by atoms with Crippen molar-refractivity contribution in [3.63, 3.8) is 0 Å². The molecule has 1 saturated carbocycles. The summed E-state index contributed by atoms with van der Waals surface area (Å²) in [7, 11) is 3.37. The molecule has 4 atom stereocenters. The first-order valence-electron chi connectivity index (χ1n) is 12.0. The number of hydrogen-bond donors (Lipinski definition) is 2. The molecule has 7 nitrogen and oxygen atoms in total. The van der Waals surface area contributed by atoms with Gasteiger partial charge in [0.15, 0.2) is 0 Å². The average Bonchev–Trinajstić information content (AvgIpc) is 2.92. The summed E-state index contributed by atoms with van der Waals surface area (Å²) >= 11 is 0. The summed E-state index contributed by atoms with van der Waals surface area (Å²) in [5.74, 6) is 1.75. The fraction of sp³-hybridized carbons (Fsp3) is 0.321. The Balaban J connectivity index is 1.54. The number of carbonyl (C=O) groups is 1. The minimum Gasteiger partial charge on any atom is -0.497 e. The van der Waals surface area contributed by atoms with Gasteiger partial charge >= 0.3 is 0 Å². The monoisotopic (exact) mass is 470 g/mol. The summed E-state index contributed by atoms with van der Waals surface area (Å²) in [5.41, 5.74) is 6.71. The van der Waals surface area contributed by atoms with Crippen LogP contribution in [0.4, 0.5) is 0 Å². The SMILES string of the molecule is COc1cccc([C@H]2N[C@@H](c3cccc(OC)c3)C3CCCC2C3=NNC(=O)c2ccncc2)c1. The first-order valence-corrected chi connectivity index (χ1v) is 12.0. The number of methoxy groups -OCH3 is 2. The number of rotatable bonds is 6. The minimum absolute atomic E-state index is 0.0365. The van der Waals surface area contributed by atoms with Crippen molar-refractivity contribution in [2.75, 3.05) is 14.2 Å². The molecule has 2 aromatic carbocycles. The Morgan fingerprint density at radius 2 is 1.49 bits per heavy atom. The van der Waals surface area contributed by atoms with Crippen molar-refractivity contribution in [2.45, 2.75) is 31.3 Å². The number of amides is 1. The molecule has 1 aromatic heterocycles. The van der Waals surface area contributed by atoms with Crippen LogP contribution in [0.2, 0.25) is 0 Å². The number of piperidine rings is 1. The van der Waals surface area contributed by atoms with Gasteiger partial charge in [0.1, 0.15) is 11.5 Å². The molecule has 1 aliphatic heterocycles. The zero-order valence-electron chi connectivity index (χ0n) is 20.0. The Morgan fingerprint density at radius 1 is 0.914 bits per heavy atom. The first-order chi connectivity index (χ1) is 17.2. The van der Waals surface area contributed by atoms with Crippen molar-refractivity contribution in [2.24, 2.45) is 16.9 Å². The summed E-state index contributed by atoms with van der Waals surface area (Å²) in [6.45, 7) is 0. The van der Waals surface area contributed by atoms with E-state index in [1.807, 2.05) is 24.3 Å². The van der Waals surface area contributed by atoms with Gasteiger partial charge in [-0.15, -0.1) is 0 Å². The van der Waals surface area contributed by atoms with Crippen LogP contribution in [-0.4, -0.2) is 30.8 Å². The molecule has 3 aromatic rings. The lowest BCUT2D eigenvalue weighted by Crippen LogP contribution is -2.51. The quantitative estimate of drug-likeness (QED) is 0.511. The average molecular weight is 471 g/mol. The molecule has 0 spiro atoms. The lowest BCUT2D eigenvalue weighted by Gasteiger charge is -2.47. The Kier molecular flexibility index (Phi) is 6.77. The van der Waals surface area contributed by atoms with Crippen molar-refractivity contribution in [1.29, 1.82) is 0 Å². The molecule has 7 heteroatoms. The highest BCUT2D eigenvalue weighted by molar-refractivity contribution is 5.97. The molecule has 0 radical (unpaired) electrons. The van der Waals surface area contributed by atoms with Gasteiger partial charge in [-0.05, 0) is 60.4 Å². The van der Waals surface area contributed by atoms with Crippen LogP contribution >= 0.6 is 0 Å². The van der Waals surface area contributed by atoms with Gasteiger partial charge in [0, 0.05) is 47.6 Å². The number of fused-ring (bicyclic) bond motifs is 2. The topological polar surface area (TPSA) is 84.8 Å². The molecule has 35 heavy (non-hydrogen) atoms. The standard InChI is InChI=1S/C28H30N4O3/c1-34-21-8-3-6-19(16-21)25-23-10-5-11-24(26(30-25)20-7-4-9-22(17-20)35-2)27(23)31-32-28(33)18-12-14-29-15-13-18/h3-4,6-9,12-17,23-26,30H,5,10-11H2,1-2H3,(H,32,33)/t23?,24?,25-,26+. The van der Waals surface area contributed by atoms with Crippen molar-refractivity contribution < 1.29 is 14.3 Å². The highest BCUT2D eigenvalue weighted by Gasteiger charge is 2.45. The van der Waals surface area contributed by atoms with Crippen LogP contribution in [0, 0.1) is 11.8 Å². The number of pyridine rings is 1. The van der Waals surface area contributed by atoms with Crippen molar-refractivity contribution >= 4 is 11.6 Å². The highest BCUT2D eigenvalue weighted by Crippen LogP contribution is 2.47. The van der Waals surface area contributed by atoms with Gasteiger partial charge in [-0.2, -0.15) is 5.10 Å². The summed E-state index contributed by atoms with van der Waals surface area (Å²) in [6, 6.07) is 19.8. The van der Waals surface area contributed by atoms with E-state index in [4.69, 9.17) is 14.6 Å². The molecule has 2 unspecified atom stereocenters. The third kappa shape index (κ3) is 4.77. The number of hydrazone groups is 1. The maximum atomic E-state index is 12.8. The number of nitrogens with one attached hydrogen (secondary N) is 2. The largest absolute Gasteiger partial charge is 0.497 e. The zero-order valence-corrected chi connectivity index (χ0v) is 20.0. The van der Waals surface area contributed by atoms with Gasteiger partial charge in [0.2, 0.25) is 0 Å². The van der Waals surface area contributed by atoms with Crippen LogP contribution in [0.1, 0.15) is 52.8 Å². The van der Waals surface area contributed by atoms with Gasteiger partial charge < -0.3 is 14.8 Å². The summed E-state index contributed by atoms with van der Waals surface area (Å²) < 4.78 is 11.0. The molecule has 1 saturated heterocycles. The molecular weight excluding hydrogens is 440 g/mol. The number of aromatic nitrogens is 1. The Morgan fingerprint density at radius 3 is 2.03 bits per heavy atom. The third-order valence-corrected chi connectivity index (χ3v) is 7.09. The van der Waals surface area contributed by atoms with Crippen molar-refractivity contribution in [3.05, 3.63) is 89.7 Å². The van der Waals surface area contributed by atoms with Gasteiger partial charge in [-0.1, -0.05) is 30.7 Å². The number of carbonyl (C=O) groups excluding carboxylic acids is 1. The second kappa shape index (κ2) is 10.3. The van der Waals surface area contributed by atoms with E-state index in [-0.39, 0.29) is 29.8 Å². The second-order valence-corrected chi connectivity index (χ2v) is 9.03. The van der Waals surface area contributed by atoms with Crippen molar-refractivity contribution in [1.82, 2.24) is 15.7 Å². The first kappa shape index (κ1) is 23.1. The molecule has 1 aliphatic carbocycles. The molecule has 2 N–H and O–H groups in total. The summed E-state index contributed by atoms with van der Waals surface area (Å²) in [4.78, 5) is 16.8. The van der Waals surface area contributed by atoms with Crippen LogP contribution in [0.5, 0.6) is 11.5 Å². The lowest BCUT2D eigenvalue weighted by atomic mass is 9.67. The Labute approximate surface area is 205 Å². The van der Waals surface area contributed by atoms with E-state index < -0.39 is 0 Å².